The van der Waals surface area contributed by atoms with Crippen LogP contribution >= 0.6 is 0 Å². The summed E-state index contributed by atoms with van der Waals surface area (Å²) in [6.45, 7) is 21.5. The molecule has 1 aliphatic carbocycles. The molecule has 0 aromatic heterocycles. The Morgan fingerprint density at radius 3 is 1.21 bits per heavy atom. The zero-order valence-electron chi connectivity index (χ0n) is 34.9. The minimum atomic E-state index is -1.71. The highest BCUT2D eigenvalue weighted by Crippen LogP contribution is 2.44. The molecule has 1 amide bonds. The molecule has 0 unspecified atom stereocenters. The Kier molecular flexibility index (Phi) is 24.0. The average molecular weight is 808 g/mol. The highest BCUT2D eigenvalue weighted by atomic mass is 28.4. The largest absolute Gasteiger partial charge is 0.448 e. The molecule has 318 valence electrons. The fourth-order valence-electron chi connectivity index (χ4n) is 5.43. The van der Waals surface area contributed by atoms with E-state index in [1.54, 1.807) is 7.05 Å². The minimum Gasteiger partial charge on any atom is -0.448 e. The topological polar surface area (TPSA) is 122 Å². The lowest BCUT2D eigenvalue weighted by Crippen LogP contribution is -2.41. The first-order valence-electron chi connectivity index (χ1n) is 20.0. The van der Waals surface area contributed by atoms with Crippen LogP contribution in [-0.4, -0.2) is 165 Å². The van der Waals surface area contributed by atoms with E-state index in [0.717, 1.165) is 0 Å². The summed E-state index contributed by atoms with van der Waals surface area (Å²) in [5.41, 5.74) is 4.80. The third-order valence-electron chi connectivity index (χ3n) is 9.69. The smallest absolute Gasteiger partial charge is 0.409 e. The molecule has 0 saturated heterocycles. The van der Waals surface area contributed by atoms with E-state index < -0.39 is 8.32 Å². The molecule has 14 heteroatoms. The number of nitrogens with zero attached hydrogens (tertiary/aromatic N) is 1. The van der Waals surface area contributed by atoms with Crippen LogP contribution < -0.4 is 0 Å². The summed E-state index contributed by atoms with van der Waals surface area (Å²) in [4.78, 5) is 14.2. The number of rotatable bonds is 33. The van der Waals surface area contributed by atoms with E-state index in [4.69, 9.17) is 51.8 Å². The van der Waals surface area contributed by atoms with Crippen molar-refractivity contribution in [3.05, 3.63) is 59.7 Å². The molecule has 0 heterocycles. The van der Waals surface area contributed by atoms with E-state index in [-0.39, 0.29) is 17.0 Å². The van der Waals surface area contributed by atoms with E-state index in [0.29, 0.717) is 139 Å². The number of fused-ring (bicyclic) bond motifs is 3. The maximum absolute atomic E-state index is 12.6. The number of carbonyl (C=O) groups excluding carboxylic acids is 1. The van der Waals surface area contributed by atoms with Crippen LogP contribution in [0.25, 0.3) is 11.1 Å². The van der Waals surface area contributed by atoms with Gasteiger partial charge in [-0.25, -0.2) is 4.79 Å². The van der Waals surface area contributed by atoms with Gasteiger partial charge in [-0.05, 0) is 40.4 Å². The molecule has 56 heavy (non-hydrogen) atoms. The van der Waals surface area contributed by atoms with E-state index in [2.05, 4.69) is 58.1 Å². The molecule has 2 aromatic rings. The van der Waals surface area contributed by atoms with Crippen molar-refractivity contribution in [2.75, 3.05) is 146 Å². The Labute approximate surface area is 336 Å². The van der Waals surface area contributed by atoms with Crippen molar-refractivity contribution in [2.24, 2.45) is 0 Å². The maximum Gasteiger partial charge on any atom is 0.409 e. The van der Waals surface area contributed by atoms with E-state index in [1.807, 2.05) is 24.3 Å². The van der Waals surface area contributed by atoms with Gasteiger partial charge in [0.2, 0.25) is 0 Å². The van der Waals surface area contributed by atoms with E-state index in [9.17, 15) is 4.79 Å². The molecule has 13 nitrogen and oxygen atoms in total. The molecule has 0 radical (unpaired) electrons. The number of hydrogen-bond acceptors (Lipinski definition) is 12. The monoisotopic (exact) mass is 807 g/mol. The van der Waals surface area contributed by atoms with Gasteiger partial charge in [0.1, 0.15) is 6.61 Å². The van der Waals surface area contributed by atoms with Crippen molar-refractivity contribution in [3.63, 3.8) is 0 Å². The zero-order chi connectivity index (χ0) is 40.3. The number of ether oxygens (including phenoxy) is 10. The van der Waals surface area contributed by atoms with Crippen molar-refractivity contribution in [2.45, 2.75) is 44.8 Å². The Balaban J connectivity index is 0.980. The molecule has 0 bridgehead atoms. The van der Waals surface area contributed by atoms with Gasteiger partial charge in [0.15, 0.2) is 8.32 Å². The first kappa shape index (κ1) is 47.9. The molecule has 1 aliphatic rings. The van der Waals surface area contributed by atoms with Gasteiger partial charge in [0.05, 0.1) is 126 Å². The second kappa shape index (κ2) is 28.0. The zero-order valence-corrected chi connectivity index (χ0v) is 35.9. The lowest BCUT2D eigenvalue weighted by Gasteiger charge is -2.36. The predicted molar refractivity (Wildman–Crippen MR) is 218 cm³/mol. The maximum atomic E-state index is 12.6. The third kappa shape index (κ3) is 18.9. The Bertz CT molecular complexity index is 1280. The second-order valence-corrected chi connectivity index (χ2v) is 19.7. The highest BCUT2D eigenvalue weighted by Gasteiger charge is 2.37. The van der Waals surface area contributed by atoms with Crippen LogP contribution in [0.2, 0.25) is 18.1 Å². The molecule has 3 rings (SSSR count). The molecule has 0 N–H and O–H groups in total. The van der Waals surface area contributed by atoms with Crippen LogP contribution in [0.5, 0.6) is 0 Å². The number of amides is 1. The Hall–Kier alpha value is -2.47. The van der Waals surface area contributed by atoms with Crippen molar-refractivity contribution < 1.29 is 56.6 Å². The van der Waals surface area contributed by atoms with Gasteiger partial charge in [-0.1, -0.05) is 69.3 Å². The Morgan fingerprint density at radius 1 is 0.536 bits per heavy atom. The van der Waals surface area contributed by atoms with Crippen LogP contribution in [0.4, 0.5) is 4.79 Å². The average Bonchev–Trinajstić information content (AvgIpc) is 3.50. The van der Waals surface area contributed by atoms with Gasteiger partial charge in [-0.2, -0.15) is 0 Å². The SMILES string of the molecule is CN(CCOCCOCCOCCOCCOCCOCCOCCOCCOCCO[Si](C)(C)C(C)(C)C)C(=O)OCC1c2ccccc2-c2ccccc21. The van der Waals surface area contributed by atoms with Gasteiger partial charge in [0.25, 0.3) is 0 Å². The standard InChI is InChI=1S/C42H69NO12Si/c1-42(2,3)56(5,6)55-34-33-53-32-31-52-30-29-51-28-27-50-26-25-49-24-23-48-22-21-47-20-19-46-18-17-45-16-15-43(4)41(44)54-35-40-38-13-9-7-11-36(38)37-12-8-10-14-39(37)40/h7-14,40H,15-35H2,1-6H3. The number of likely N-dealkylation sites (N-methyl/N-ethyl adjacent to an activating group) is 1. The predicted octanol–water partition coefficient (Wildman–Crippen LogP) is 6.04. The first-order valence-corrected chi connectivity index (χ1v) is 22.9. The summed E-state index contributed by atoms with van der Waals surface area (Å²) in [5.74, 6) is 0.0394. The summed E-state index contributed by atoms with van der Waals surface area (Å²) in [7, 11) is 0.00886. The molecule has 0 aliphatic heterocycles. The van der Waals surface area contributed by atoms with Gasteiger partial charge < -0.3 is 56.7 Å². The van der Waals surface area contributed by atoms with Crippen molar-refractivity contribution in [3.8, 4) is 11.1 Å². The van der Waals surface area contributed by atoms with Crippen molar-refractivity contribution >= 4 is 14.4 Å². The summed E-state index contributed by atoms with van der Waals surface area (Å²) in [6, 6.07) is 16.6. The van der Waals surface area contributed by atoms with Crippen LogP contribution in [-0.2, 0) is 51.8 Å². The third-order valence-corrected chi connectivity index (χ3v) is 14.2. The lowest BCUT2D eigenvalue weighted by molar-refractivity contribution is -0.0256. The quantitative estimate of drug-likeness (QED) is 0.0618. The summed E-state index contributed by atoms with van der Waals surface area (Å²) < 4.78 is 61.7. The molecular weight excluding hydrogens is 739 g/mol. The molecule has 0 saturated carbocycles. The number of benzene rings is 2. The molecular formula is C42H69NO12Si. The second-order valence-electron chi connectivity index (χ2n) is 14.8. The van der Waals surface area contributed by atoms with E-state index in [1.165, 1.54) is 27.2 Å². The fourth-order valence-corrected chi connectivity index (χ4v) is 6.46. The van der Waals surface area contributed by atoms with E-state index >= 15 is 0 Å². The summed E-state index contributed by atoms with van der Waals surface area (Å²) in [6.07, 6.45) is -0.363. The number of hydrogen-bond donors (Lipinski definition) is 0. The molecule has 0 atom stereocenters. The molecule has 0 spiro atoms. The molecule has 2 aromatic carbocycles. The van der Waals surface area contributed by atoms with Crippen LogP contribution in [0, 0.1) is 0 Å². The summed E-state index contributed by atoms with van der Waals surface area (Å²) in [5, 5.41) is 0.211. The van der Waals surface area contributed by atoms with Crippen LogP contribution in [0.1, 0.15) is 37.8 Å². The van der Waals surface area contributed by atoms with Crippen molar-refractivity contribution in [1.82, 2.24) is 4.90 Å². The van der Waals surface area contributed by atoms with Gasteiger partial charge in [-0.15, -0.1) is 0 Å². The van der Waals surface area contributed by atoms with Crippen molar-refractivity contribution in [1.29, 1.82) is 0 Å². The lowest BCUT2D eigenvalue weighted by atomic mass is 9.98. The van der Waals surface area contributed by atoms with Gasteiger partial charge >= 0.3 is 6.09 Å². The molecule has 0 fully saturated rings. The normalized spacial score (nSPS) is 12.9. The minimum absolute atomic E-state index is 0.0394. The first-order chi connectivity index (χ1) is 27.1. The van der Waals surface area contributed by atoms with Crippen LogP contribution in [0.15, 0.2) is 48.5 Å². The van der Waals surface area contributed by atoms with Gasteiger partial charge in [0, 0.05) is 19.5 Å². The summed E-state index contributed by atoms with van der Waals surface area (Å²) >= 11 is 0. The fraction of sp³-hybridized carbons (Fsp3) is 0.690. The number of carbonyl (C=O) groups is 1. The van der Waals surface area contributed by atoms with Crippen LogP contribution in [0.3, 0.4) is 0 Å². The Morgan fingerprint density at radius 2 is 0.857 bits per heavy atom. The highest BCUT2D eigenvalue weighted by molar-refractivity contribution is 6.74. The van der Waals surface area contributed by atoms with Gasteiger partial charge in [-0.3, -0.25) is 0 Å².